The van der Waals surface area contributed by atoms with Crippen LogP contribution in [0, 0.1) is 5.92 Å². The minimum Gasteiger partial charge on any atom is -0.453 e. The number of amides is 2. The molecule has 8 nitrogen and oxygen atoms in total. The predicted molar refractivity (Wildman–Crippen MR) is 89.7 cm³/mol. The van der Waals surface area contributed by atoms with E-state index in [1.54, 1.807) is 6.92 Å². The zero-order valence-electron chi connectivity index (χ0n) is 15.1. The van der Waals surface area contributed by atoms with Crippen molar-refractivity contribution in [3.05, 3.63) is 0 Å². The molecule has 0 aliphatic carbocycles. The smallest absolute Gasteiger partial charge is 0.407 e. The Kier molecular flexibility index (Phi) is 8.44. The summed E-state index contributed by atoms with van der Waals surface area (Å²) >= 11 is 0. The van der Waals surface area contributed by atoms with Crippen LogP contribution in [-0.4, -0.2) is 80.2 Å². The first-order valence-electron chi connectivity index (χ1n) is 8.38. The molecule has 0 aromatic heterocycles. The van der Waals surface area contributed by atoms with E-state index in [0.717, 1.165) is 13.1 Å². The largest absolute Gasteiger partial charge is 0.453 e. The quantitative estimate of drug-likeness (QED) is 0.571. The zero-order chi connectivity index (χ0) is 18.2. The average Bonchev–Trinajstić information content (AvgIpc) is 2.52. The lowest BCUT2D eigenvalue weighted by molar-refractivity contribution is -0.124. The molecular formula is C16H31N3O5. The lowest BCUT2D eigenvalue weighted by Gasteiger charge is -2.34. The van der Waals surface area contributed by atoms with Gasteiger partial charge < -0.3 is 25.2 Å². The Morgan fingerprint density at radius 2 is 1.96 bits per heavy atom. The van der Waals surface area contributed by atoms with E-state index >= 15 is 0 Å². The van der Waals surface area contributed by atoms with Crippen LogP contribution in [0.4, 0.5) is 4.79 Å². The van der Waals surface area contributed by atoms with Gasteiger partial charge >= 0.3 is 6.09 Å². The summed E-state index contributed by atoms with van der Waals surface area (Å²) in [5.41, 5.74) is -1.05. The van der Waals surface area contributed by atoms with Crippen LogP contribution >= 0.6 is 0 Å². The number of nitrogens with zero attached hydrogens (tertiary/aromatic N) is 1. The molecule has 1 rings (SSSR count). The normalized spacial score (nSPS) is 19.4. The number of carbonyl (C=O) groups excluding carboxylic acids is 2. The van der Waals surface area contributed by atoms with Gasteiger partial charge in [0.2, 0.25) is 5.91 Å². The highest BCUT2D eigenvalue weighted by molar-refractivity contribution is 5.85. The Bertz CT molecular complexity index is 409. The molecule has 0 aromatic rings. The van der Waals surface area contributed by atoms with Crippen molar-refractivity contribution in [2.45, 2.75) is 38.8 Å². The van der Waals surface area contributed by atoms with Crippen molar-refractivity contribution in [1.82, 2.24) is 15.5 Å². The van der Waals surface area contributed by atoms with Crippen molar-refractivity contribution in [2.24, 2.45) is 5.92 Å². The summed E-state index contributed by atoms with van der Waals surface area (Å²) in [7, 11) is 1.26. The molecule has 24 heavy (non-hydrogen) atoms. The van der Waals surface area contributed by atoms with E-state index in [2.05, 4.69) is 20.3 Å². The third-order valence-corrected chi connectivity index (χ3v) is 3.81. The van der Waals surface area contributed by atoms with Crippen LogP contribution in [0.25, 0.3) is 0 Å². The molecule has 1 aliphatic rings. The molecule has 3 N–H and O–H groups in total. The standard InChI is InChI=1S/C16H31N3O5/c1-12(2)9-13(18-15(21)23-4)14(20)17-10-16(3,22)11-19-5-7-24-8-6-19/h12-13,22H,5-11H2,1-4H3,(H,17,20)(H,18,21)/t13-,16+/m0/s1. The lowest BCUT2D eigenvalue weighted by Crippen LogP contribution is -2.54. The van der Waals surface area contributed by atoms with Gasteiger partial charge in [-0.1, -0.05) is 13.8 Å². The van der Waals surface area contributed by atoms with Crippen molar-refractivity contribution in [3.8, 4) is 0 Å². The van der Waals surface area contributed by atoms with Crippen molar-refractivity contribution in [3.63, 3.8) is 0 Å². The van der Waals surface area contributed by atoms with E-state index < -0.39 is 17.7 Å². The Balaban J connectivity index is 2.50. The third kappa shape index (κ3) is 7.94. The van der Waals surface area contributed by atoms with Gasteiger partial charge in [0, 0.05) is 26.2 Å². The van der Waals surface area contributed by atoms with E-state index in [1.165, 1.54) is 7.11 Å². The van der Waals surface area contributed by atoms with Crippen molar-refractivity contribution < 1.29 is 24.2 Å². The van der Waals surface area contributed by atoms with Gasteiger partial charge in [-0.2, -0.15) is 0 Å². The Morgan fingerprint density at radius 1 is 1.33 bits per heavy atom. The molecule has 1 aliphatic heterocycles. The summed E-state index contributed by atoms with van der Waals surface area (Å²) in [4.78, 5) is 25.8. The number of alkyl carbamates (subject to hydrolysis) is 1. The van der Waals surface area contributed by atoms with E-state index in [9.17, 15) is 14.7 Å². The number of hydrogen-bond acceptors (Lipinski definition) is 6. The SMILES string of the molecule is COC(=O)N[C@@H](CC(C)C)C(=O)NC[C@@](C)(O)CN1CCOCC1. The van der Waals surface area contributed by atoms with Gasteiger partial charge in [0.05, 0.1) is 25.9 Å². The molecule has 1 fully saturated rings. The van der Waals surface area contributed by atoms with Gasteiger partial charge in [-0.3, -0.25) is 9.69 Å². The molecule has 1 saturated heterocycles. The van der Waals surface area contributed by atoms with E-state index in [0.29, 0.717) is 26.2 Å². The molecule has 0 spiro atoms. The van der Waals surface area contributed by atoms with Crippen LogP contribution in [0.3, 0.4) is 0 Å². The molecule has 8 heteroatoms. The summed E-state index contributed by atoms with van der Waals surface area (Å²) in [6.07, 6.45) is -0.150. The maximum absolute atomic E-state index is 12.3. The summed E-state index contributed by atoms with van der Waals surface area (Å²) in [5, 5.41) is 15.8. The van der Waals surface area contributed by atoms with E-state index in [-0.39, 0.29) is 18.4 Å². The minimum atomic E-state index is -1.05. The fraction of sp³-hybridized carbons (Fsp3) is 0.875. The summed E-state index contributed by atoms with van der Waals surface area (Å²) in [6.45, 7) is 9.03. The maximum atomic E-state index is 12.3. The number of rotatable bonds is 8. The summed E-state index contributed by atoms with van der Waals surface area (Å²) in [5.74, 6) is -0.0943. The average molecular weight is 345 g/mol. The molecular weight excluding hydrogens is 314 g/mol. The zero-order valence-corrected chi connectivity index (χ0v) is 15.1. The second-order valence-corrected chi connectivity index (χ2v) is 6.92. The third-order valence-electron chi connectivity index (χ3n) is 3.81. The molecule has 0 unspecified atom stereocenters. The maximum Gasteiger partial charge on any atom is 0.407 e. The molecule has 2 amide bonds. The van der Waals surface area contributed by atoms with Gasteiger partial charge in [-0.25, -0.2) is 4.79 Å². The molecule has 0 saturated carbocycles. The van der Waals surface area contributed by atoms with Gasteiger partial charge in [0.1, 0.15) is 6.04 Å². The monoisotopic (exact) mass is 345 g/mol. The van der Waals surface area contributed by atoms with Crippen molar-refractivity contribution >= 4 is 12.0 Å². The first kappa shape index (κ1) is 20.7. The fourth-order valence-corrected chi connectivity index (χ4v) is 2.60. The molecule has 2 atom stereocenters. The number of ether oxygens (including phenoxy) is 2. The number of nitrogens with one attached hydrogen (secondary N) is 2. The summed E-state index contributed by atoms with van der Waals surface area (Å²) < 4.78 is 9.84. The highest BCUT2D eigenvalue weighted by atomic mass is 16.5. The second-order valence-electron chi connectivity index (χ2n) is 6.92. The molecule has 0 radical (unpaired) electrons. The fourth-order valence-electron chi connectivity index (χ4n) is 2.60. The molecule has 0 bridgehead atoms. The number of morpholine rings is 1. The first-order valence-corrected chi connectivity index (χ1v) is 8.38. The van der Waals surface area contributed by atoms with Crippen molar-refractivity contribution in [2.75, 3.05) is 46.5 Å². The minimum absolute atomic E-state index is 0.112. The number of β-amino-alcohol motifs (C(OH)–C–C–N with tert-alkyl or cyclic N) is 1. The van der Waals surface area contributed by atoms with E-state index in [4.69, 9.17) is 4.74 Å². The van der Waals surface area contributed by atoms with Gasteiger partial charge in [0.15, 0.2) is 0 Å². The van der Waals surface area contributed by atoms with E-state index in [1.807, 2.05) is 13.8 Å². The lowest BCUT2D eigenvalue weighted by atomic mass is 10.0. The van der Waals surface area contributed by atoms with Crippen LogP contribution in [-0.2, 0) is 14.3 Å². The number of carbonyl (C=O) groups is 2. The Morgan fingerprint density at radius 3 is 2.50 bits per heavy atom. The number of aliphatic hydroxyl groups is 1. The predicted octanol–water partition coefficient (Wildman–Crippen LogP) is -0.0435. The first-order chi connectivity index (χ1) is 11.2. The van der Waals surface area contributed by atoms with Crippen LogP contribution in [0.5, 0.6) is 0 Å². The second kappa shape index (κ2) is 9.80. The Hall–Kier alpha value is -1.38. The van der Waals surface area contributed by atoms with Gasteiger partial charge in [-0.15, -0.1) is 0 Å². The number of hydrogen-bond donors (Lipinski definition) is 3. The summed E-state index contributed by atoms with van der Waals surface area (Å²) in [6, 6.07) is -0.684. The van der Waals surface area contributed by atoms with Crippen LogP contribution in [0.1, 0.15) is 27.2 Å². The highest BCUT2D eigenvalue weighted by Gasteiger charge is 2.28. The van der Waals surface area contributed by atoms with Gasteiger partial charge in [0.25, 0.3) is 0 Å². The molecule has 0 aromatic carbocycles. The highest BCUT2D eigenvalue weighted by Crippen LogP contribution is 2.09. The van der Waals surface area contributed by atoms with Gasteiger partial charge in [-0.05, 0) is 19.3 Å². The van der Waals surface area contributed by atoms with Crippen LogP contribution in [0.2, 0.25) is 0 Å². The Labute approximate surface area is 143 Å². The van der Waals surface area contributed by atoms with Crippen molar-refractivity contribution in [1.29, 1.82) is 0 Å². The van der Waals surface area contributed by atoms with Crippen LogP contribution < -0.4 is 10.6 Å². The molecule has 1 heterocycles. The molecule has 140 valence electrons. The topological polar surface area (TPSA) is 100 Å². The number of methoxy groups -OCH3 is 1. The van der Waals surface area contributed by atoms with Crippen LogP contribution in [0.15, 0.2) is 0 Å².